The number of hydrogen-bond donors (Lipinski definition) is 1. The van der Waals surface area contributed by atoms with Gasteiger partial charge in [0.2, 0.25) is 0 Å². The Bertz CT molecular complexity index is 417. The summed E-state index contributed by atoms with van der Waals surface area (Å²) in [5.74, 6) is -3.12. The minimum absolute atomic E-state index is 0.369. The van der Waals surface area contributed by atoms with Crippen molar-refractivity contribution in [1.82, 2.24) is 4.90 Å². The van der Waals surface area contributed by atoms with Crippen LogP contribution in [0.5, 0.6) is 0 Å². The highest BCUT2D eigenvalue weighted by Gasteiger charge is 2.46. The quantitative estimate of drug-likeness (QED) is 0.740. The second kappa shape index (κ2) is 3.43. The van der Waals surface area contributed by atoms with Crippen LogP contribution in [-0.2, 0) is 0 Å². The topological polar surface area (TPSA) is 46.3 Å². The number of nitrogen functional groups attached to an aromatic ring is 1. The zero-order chi connectivity index (χ0) is 11.9. The molecule has 2 rings (SSSR count). The molecule has 0 radical (unpaired) electrons. The van der Waals surface area contributed by atoms with Gasteiger partial charge >= 0.3 is 0 Å². The summed E-state index contributed by atoms with van der Waals surface area (Å²) in [6, 6.07) is 4.88. The lowest BCUT2D eigenvalue weighted by molar-refractivity contribution is -0.113. The largest absolute Gasteiger partial charge is 0.399 e. The first-order valence-electron chi connectivity index (χ1n) is 4.92. The second-order valence-electron chi connectivity index (χ2n) is 4.15. The maximum atomic E-state index is 12.6. The molecule has 1 aliphatic heterocycles. The number of nitrogens with two attached hydrogens (primary N) is 1. The van der Waals surface area contributed by atoms with Gasteiger partial charge in [0.25, 0.3) is 11.8 Å². The molecule has 1 aromatic carbocycles. The molecule has 1 amide bonds. The molecule has 2 N–H and O–H groups in total. The van der Waals surface area contributed by atoms with Gasteiger partial charge in [-0.25, -0.2) is 8.78 Å². The molecule has 1 aliphatic rings. The number of aryl methyl sites for hydroxylation is 1. The smallest absolute Gasteiger partial charge is 0.282 e. The van der Waals surface area contributed by atoms with Crippen LogP contribution in [-0.4, -0.2) is 29.8 Å². The number of amides is 1. The fourth-order valence-corrected chi connectivity index (χ4v) is 1.77. The maximum absolute atomic E-state index is 12.6. The molecule has 0 aromatic heterocycles. The number of alkyl halides is 2. The van der Waals surface area contributed by atoms with Crippen LogP contribution in [0.3, 0.4) is 0 Å². The molecule has 86 valence electrons. The molecule has 1 saturated heterocycles. The van der Waals surface area contributed by atoms with E-state index in [0.717, 1.165) is 10.5 Å². The van der Waals surface area contributed by atoms with Crippen LogP contribution in [0.2, 0.25) is 0 Å². The lowest BCUT2D eigenvalue weighted by Gasteiger charge is -2.38. The molecule has 1 aromatic rings. The van der Waals surface area contributed by atoms with E-state index in [-0.39, 0.29) is 5.91 Å². The lowest BCUT2D eigenvalue weighted by Crippen LogP contribution is -2.58. The molecule has 1 fully saturated rings. The van der Waals surface area contributed by atoms with E-state index >= 15 is 0 Å². The van der Waals surface area contributed by atoms with Crippen LogP contribution in [0.15, 0.2) is 18.2 Å². The van der Waals surface area contributed by atoms with Gasteiger partial charge in [0.15, 0.2) is 0 Å². The van der Waals surface area contributed by atoms with E-state index in [0.29, 0.717) is 11.3 Å². The van der Waals surface area contributed by atoms with Crippen LogP contribution < -0.4 is 5.73 Å². The predicted molar refractivity (Wildman–Crippen MR) is 56.4 cm³/mol. The number of benzene rings is 1. The third-order valence-electron chi connectivity index (χ3n) is 2.48. The predicted octanol–water partition coefficient (Wildman–Crippen LogP) is 1.67. The summed E-state index contributed by atoms with van der Waals surface area (Å²) in [6.45, 7) is 0.803. The summed E-state index contributed by atoms with van der Waals surface area (Å²) < 4.78 is 25.2. The van der Waals surface area contributed by atoms with Gasteiger partial charge in [-0.2, -0.15) is 0 Å². The van der Waals surface area contributed by atoms with Crippen molar-refractivity contribution in [3.63, 3.8) is 0 Å². The van der Waals surface area contributed by atoms with Gasteiger partial charge < -0.3 is 10.6 Å². The molecule has 16 heavy (non-hydrogen) atoms. The SMILES string of the molecule is Cc1cc(N)cc(C(=O)N2CC(F)(F)C2)c1. The van der Waals surface area contributed by atoms with E-state index in [9.17, 15) is 13.6 Å². The minimum atomic E-state index is -2.73. The van der Waals surface area contributed by atoms with Gasteiger partial charge in [-0.1, -0.05) is 0 Å². The first-order chi connectivity index (χ1) is 7.37. The molecule has 1 heterocycles. The van der Waals surface area contributed by atoms with Crippen molar-refractivity contribution in [1.29, 1.82) is 0 Å². The molecule has 0 unspecified atom stereocenters. The molecule has 0 atom stereocenters. The van der Waals surface area contributed by atoms with Crippen LogP contribution in [0.4, 0.5) is 14.5 Å². The highest BCUT2D eigenvalue weighted by atomic mass is 19.3. The molecular weight excluding hydrogens is 214 g/mol. The number of carbonyl (C=O) groups is 1. The summed E-state index contributed by atoms with van der Waals surface area (Å²) >= 11 is 0. The fraction of sp³-hybridized carbons (Fsp3) is 0.364. The van der Waals surface area contributed by atoms with Crippen LogP contribution >= 0.6 is 0 Å². The number of likely N-dealkylation sites (tertiary alicyclic amines) is 1. The standard InChI is InChI=1S/C11H12F2N2O/c1-7-2-8(4-9(14)3-7)10(16)15-5-11(12,13)6-15/h2-4H,5-6,14H2,1H3. The number of anilines is 1. The van der Waals surface area contributed by atoms with E-state index in [1.807, 2.05) is 0 Å². The first kappa shape index (κ1) is 10.9. The van der Waals surface area contributed by atoms with E-state index in [2.05, 4.69) is 0 Å². The Morgan fingerprint density at radius 3 is 2.50 bits per heavy atom. The van der Waals surface area contributed by atoms with Crippen LogP contribution in [0.1, 0.15) is 15.9 Å². The van der Waals surface area contributed by atoms with E-state index in [1.165, 1.54) is 6.07 Å². The summed E-state index contributed by atoms with van der Waals surface area (Å²) in [7, 11) is 0. The molecule has 0 bridgehead atoms. The molecule has 5 heteroatoms. The lowest BCUT2D eigenvalue weighted by atomic mass is 10.1. The Morgan fingerprint density at radius 2 is 2.00 bits per heavy atom. The first-order valence-corrected chi connectivity index (χ1v) is 4.92. The zero-order valence-electron chi connectivity index (χ0n) is 8.84. The van der Waals surface area contributed by atoms with E-state index < -0.39 is 19.0 Å². The molecular formula is C11H12F2N2O. The van der Waals surface area contributed by atoms with Gasteiger partial charge in [-0.3, -0.25) is 4.79 Å². The normalized spacial score (nSPS) is 18.1. The second-order valence-corrected chi connectivity index (χ2v) is 4.15. The third kappa shape index (κ3) is 1.98. The Kier molecular flexibility index (Phi) is 2.33. The number of carbonyl (C=O) groups excluding carboxylic acids is 1. The third-order valence-corrected chi connectivity index (χ3v) is 2.48. The van der Waals surface area contributed by atoms with Gasteiger partial charge in [0.1, 0.15) is 0 Å². The molecule has 0 saturated carbocycles. The van der Waals surface area contributed by atoms with E-state index in [1.54, 1.807) is 19.1 Å². The van der Waals surface area contributed by atoms with E-state index in [4.69, 9.17) is 5.73 Å². The highest BCUT2D eigenvalue weighted by Crippen LogP contribution is 2.28. The number of rotatable bonds is 1. The number of halogens is 2. The summed E-state index contributed by atoms with van der Waals surface area (Å²) in [4.78, 5) is 12.9. The Hall–Kier alpha value is -1.65. The van der Waals surface area contributed by atoms with Crippen molar-refractivity contribution in [2.75, 3.05) is 18.8 Å². The summed E-state index contributed by atoms with van der Waals surface area (Å²) in [6.07, 6.45) is 0. The number of hydrogen-bond acceptors (Lipinski definition) is 2. The molecule has 0 spiro atoms. The van der Waals surface area contributed by atoms with Crippen molar-refractivity contribution in [3.8, 4) is 0 Å². The molecule has 3 nitrogen and oxygen atoms in total. The van der Waals surface area contributed by atoms with Crippen LogP contribution in [0, 0.1) is 6.92 Å². The average Bonchev–Trinajstić information content (AvgIpc) is 2.11. The van der Waals surface area contributed by atoms with Crippen molar-refractivity contribution >= 4 is 11.6 Å². The van der Waals surface area contributed by atoms with Gasteiger partial charge in [-0.15, -0.1) is 0 Å². The molecule has 0 aliphatic carbocycles. The Balaban J connectivity index is 2.16. The highest BCUT2D eigenvalue weighted by molar-refractivity contribution is 5.96. The minimum Gasteiger partial charge on any atom is -0.399 e. The van der Waals surface area contributed by atoms with Gasteiger partial charge in [0.05, 0.1) is 13.1 Å². The fourth-order valence-electron chi connectivity index (χ4n) is 1.77. The summed E-state index contributed by atoms with van der Waals surface area (Å²) in [5.41, 5.74) is 7.27. The van der Waals surface area contributed by atoms with Crippen LogP contribution in [0.25, 0.3) is 0 Å². The summed E-state index contributed by atoms with van der Waals surface area (Å²) in [5, 5.41) is 0. The van der Waals surface area contributed by atoms with Gasteiger partial charge in [0, 0.05) is 11.3 Å². The average molecular weight is 226 g/mol. The zero-order valence-corrected chi connectivity index (χ0v) is 8.84. The Morgan fingerprint density at radius 1 is 1.38 bits per heavy atom. The maximum Gasteiger partial charge on any atom is 0.282 e. The number of nitrogens with zero attached hydrogens (tertiary/aromatic N) is 1. The monoisotopic (exact) mass is 226 g/mol. The van der Waals surface area contributed by atoms with Gasteiger partial charge in [-0.05, 0) is 30.7 Å². The van der Waals surface area contributed by atoms with Crippen molar-refractivity contribution in [2.24, 2.45) is 0 Å². The van der Waals surface area contributed by atoms with Crippen molar-refractivity contribution < 1.29 is 13.6 Å². The Labute approximate surface area is 91.8 Å². The van der Waals surface area contributed by atoms with Crippen molar-refractivity contribution in [2.45, 2.75) is 12.8 Å². The van der Waals surface area contributed by atoms with Crippen molar-refractivity contribution in [3.05, 3.63) is 29.3 Å².